The Hall–Kier alpha value is -2.73. The molecule has 0 amide bonds. The third kappa shape index (κ3) is 3.21. The lowest BCUT2D eigenvalue weighted by Gasteiger charge is -2.40. The lowest BCUT2D eigenvalue weighted by molar-refractivity contribution is 0.191. The third-order valence-electron chi connectivity index (χ3n) is 6.72. The topological polar surface area (TPSA) is 58.1 Å². The van der Waals surface area contributed by atoms with E-state index in [1.807, 2.05) is 31.2 Å². The molecule has 29 heavy (non-hydrogen) atoms. The van der Waals surface area contributed by atoms with Crippen LogP contribution in [-0.2, 0) is 6.54 Å². The maximum atomic E-state index is 13.2. The monoisotopic (exact) mass is 393 g/mol. The van der Waals surface area contributed by atoms with Crippen LogP contribution in [0.1, 0.15) is 23.5 Å². The zero-order valence-electron chi connectivity index (χ0n) is 16.4. The van der Waals surface area contributed by atoms with Crippen LogP contribution in [0, 0.1) is 24.6 Å². The molecule has 3 aromatic rings. The van der Waals surface area contributed by atoms with Crippen LogP contribution >= 0.6 is 0 Å². The number of rotatable bonds is 4. The summed E-state index contributed by atoms with van der Waals surface area (Å²) in [6.45, 7) is 4.97. The summed E-state index contributed by atoms with van der Waals surface area (Å²) in [6, 6.07) is 12.4. The summed E-state index contributed by atoms with van der Waals surface area (Å²) in [7, 11) is 0. The number of nitrogens with one attached hydrogen (secondary N) is 1. The van der Waals surface area contributed by atoms with E-state index >= 15 is 0 Å². The first-order chi connectivity index (χ1) is 14.0. The summed E-state index contributed by atoms with van der Waals surface area (Å²) in [5.74, 6) is 1.52. The van der Waals surface area contributed by atoms with Crippen LogP contribution in [-0.4, -0.2) is 34.1 Å². The Kier molecular flexibility index (Phi) is 4.39. The molecule has 1 aliphatic heterocycles. The molecule has 2 aliphatic rings. The summed E-state index contributed by atoms with van der Waals surface area (Å²) in [6.07, 6.45) is 1.13. The number of aryl methyl sites for hydroxylation is 1. The molecule has 150 valence electrons. The minimum atomic E-state index is -0.349. The number of hydrogen-bond donors (Lipinski definition) is 1. The predicted molar refractivity (Wildman–Crippen MR) is 111 cm³/mol. The van der Waals surface area contributed by atoms with Crippen molar-refractivity contribution in [3.63, 3.8) is 0 Å². The van der Waals surface area contributed by atoms with Crippen LogP contribution in [0.25, 0.3) is 10.9 Å². The van der Waals surface area contributed by atoms with Crippen molar-refractivity contribution in [2.45, 2.75) is 25.8 Å². The fraction of sp³-hybridized carbons (Fsp3) is 0.391. The quantitative estimate of drug-likeness (QED) is 0.742. The number of benzene rings is 2. The molecule has 1 aliphatic carbocycles. The minimum absolute atomic E-state index is 0.195. The van der Waals surface area contributed by atoms with E-state index in [4.69, 9.17) is 0 Å². The number of aromatic nitrogens is 2. The van der Waals surface area contributed by atoms with Crippen molar-refractivity contribution in [1.82, 2.24) is 14.5 Å². The number of fused-ring (bicyclic) bond motifs is 2. The number of aromatic amines is 1. The largest absolute Gasteiger partial charge is 0.328 e. The summed E-state index contributed by atoms with van der Waals surface area (Å²) < 4.78 is 14.5. The smallest absolute Gasteiger partial charge is 0.307 e. The Morgan fingerprint density at radius 2 is 1.86 bits per heavy atom. The summed E-state index contributed by atoms with van der Waals surface area (Å²) in [5, 5.41) is 0.558. The van der Waals surface area contributed by atoms with Crippen LogP contribution in [0.15, 0.2) is 52.1 Å². The molecule has 2 heterocycles. The molecule has 0 radical (unpaired) electrons. The van der Waals surface area contributed by atoms with Crippen LogP contribution in [0.3, 0.4) is 0 Å². The van der Waals surface area contributed by atoms with Crippen LogP contribution in [0.4, 0.5) is 4.39 Å². The van der Waals surface area contributed by atoms with Gasteiger partial charge in [-0.3, -0.25) is 9.36 Å². The van der Waals surface area contributed by atoms with Crippen molar-refractivity contribution >= 4 is 10.9 Å². The second-order valence-corrected chi connectivity index (χ2v) is 8.51. The Morgan fingerprint density at radius 1 is 1.07 bits per heavy atom. The summed E-state index contributed by atoms with van der Waals surface area (Å²) >= 11 is 0. The van der Waals surface area contributed by atoms with Gasteiger partial charge in [0.25, 0.3) is 5.56 Å². The normalized spacial score (nSPS) is 23.9. The molecule has 3 unspecified atom stereocenters. The second kappa shape index (κ2) is 6.95. The van der Waals surface area contributed by atoms with E-state index in [9.17, 15) is 14.0 Å². The summed E-state index contributed by atoms with van der Waals surface area (Å²) in [5.41, 5.74) is 2.22. The number of halogens is 1. The lowest BCUT2D eigenvalue weighted by atomic mass is 9.64. The first-order valence-corrected chi connectivity index (χ1v) is 10.2. The lowest BCUT2D eigenvalue weighted by Crippen LogP contribution is -2.38. The molecule has 6 heteroatoms. The van der Waals surface area contributed by atoms with Crippen LogP contribution < -0.4 is 11.2 Å². The van der Waals surface area contributed by atoms with Crippen LogP contribution in [0.2, 0.25) is 0 Å². The Balaban J connectivity index is 1.29. The maximum absolute atomic E-state index is 13.2. The van der Waals surface area contributed by atoms with E-state index in [0.29, 0.717) is 41.7 Å². The molecule has 5 rings (SSSR count). The molecule has 1 N–H and O–H groups in total. The highest BCUT2D eigenvalue weighted by Gasteiger charge is 2.47. The molecule has 1 saturated carbocycles. The number of likely N-dealkylation sites (tertiary alicyclic amines) is 1. The van der Waals surface area contributed by atoms with Gasteiger partial charge in [-0.15, -0.1) is 0 Å². The van der Waals surface area contributed by atoms with E-state index in [0.717, 1.165) is 25.1 Å². The van der Waals surface area contributed by atoms with Gasteiger partial charge in [-0.05, 0) is 60.9 Å². The van der Waals surface area contributed by atoms with Gasteiger partial charge in [-0.25, -0.2) is 9.18 Å². The van der Waals surface area contributed by atoms with E-state index in [2.05, 4.69) is 9.88 Å². The van der Waals surface area contributed by atoms with Crippen molar-refractivity contribution in [3.05, 3.63) is 80.2 Å². The second-order valence-electron chi connectivity index (χ2n) is 8.51. The molecule has 2 fully saturated rings. The average Bonchev–Trinajstić information content (AvgIpc) is 3.00. The van der Waals surface area contributed by atoms with Gasteiger partial charge >= 0.3 is 5.69 Å². The van der Waals surface area contributed by atoms with Gasteiger partial charge in [0.2, 0.25) is 0 Å². The first kappa shape index (κ1) is 18.3. The number of nitrogens with zero attached hydrogens (tertiary/aromatic N) is 2. The van der Waals surface area contributed by atoms with Crippen molar-refractivity contribution < 1.29 is 4.39 Å². The molecular weight excluding hydrogens is 369 g/mol. The number of hydrogen-bond acceptors (Lipinski definition) is 3. The van der Waals surface area contributed by atoms with Crippen molar-refractivity contribution in [3.8, 4) is 0 Å². The summed E-state index contributed by atoms with van der Waals surface area (Å²) in [4.78, 5) is 30.4. The van der Waals surface area contributed by atoms with Gasteiger partial charge in [0.15, 0.2) is 0 Å². The molecule has 1 aromatic heterocycles. The highest BCUT2D eigenvalue weighted by atomic mass is 19.1. The highest BCUT2D eigenvalue weighted by molar-refractivity contribution is 5.77. The van der Waals surface area contributed by atoms with Crippen molar-refractivity contribution in [1.29, 1.82) is 0 Å². The van der Waals surface area contributed by atoms with E-state index in [1.54, 1.807) is 6.07 Å². The predicted octanol–water partition coefficient (Wildman–Crippen LogP) is 2.87. The van der Waals surface area contributed by atoms with Crippen LogP contribution in [0.5, 0.6) is 0 Å². The third-order valence-corrected chi connectivity index (χ3v) is 6.72. The average molecular weight is 393 g/mol. The van der Waals surface area contributed by atoms with Crippen molar-refractivity contribution in [2.24, 2.45) is 11.8 Å². The molecule has 3 atom stereocenters. The van der Waals surface area contributed by atoms with E-state index < -0.39 is 0 Å². The SMILES string of the molecule is Cc1ccc2[nH]c(=O)n(CCN3CC4CC(c5ccc(F)cc5)C4C3)c(=O)c2c1. The molecule has 0 bridgehead atoms. The van der Waals surface area contributed by atoms with E-state index in [1.165, 1.54) is 22.3 Å². The Labute approximate surface area is 167 Å². The molecule has 2 aromatic carbocycles. The Bertz CT molecular complexity index is 1180. The zero-order chi connectivity index (χ0) is 20.1. The first-order valence-electron chi connectivity index (χ1n) is 10.2. The van der Waals surface area contributed by atoms with Gasteiger partial charge in [-0.2, -0.15) is 0 Å². The highest BCUT2D eigenvalue weighted by Crippen LogP contribution is 2.51. The fourth-order valence-corrected chi connectivity index (χ4v) is 5.08. The van der Waals surface area contributed by atoms with Gasteiger partial charge in [0, 0.05) is 26.2 Å². The fourth-order valence-electron chi connectivity index (χ4n) is 5.08. The number of H-pyrrole nitrogens is 1. The van der Waals surface area contributed by atoms with E-state index in [-0.39, 0.29) is 17.1 Å². The Morgan fingerprint density at radius 3 is 2.66 bits per heavy atom. The van der Waals surface area contributed by atoms with Gasteiger partial charge in [0.05, 0.1) is 10.9 Å². The minimum Gasteiger partial charge on any atom is -0.307 e. The van der Waals surface area contributed by atoms with Gasteiger partial charge < -0.3 is 9.88 Å². The van der Waals surface area contributed by atoms with Gasteiger partial charge in [0.1, 0.15) is 5.82 Å². The molecular formula is C23H24FN3O2. The zero-order valence-corrected chi connectivity index (χ0v) is 16.4. The van der Waals surface area contributed by atoms with Crippen molar-refractivity contribution in [2.75, 3.05) is 19.6 Å². The maximum Gasteiger partial charge on any atom is 0.328 e. The van der Waals surface area contributed by atoms with Gasteiger partial charge in [-0.1, -0.05) is 23.8 Å². The molecule has 0 spiro atoms. The molecule has 5 nitrogen and oxygen atoms in total. The molecule has 1 saturated heterocycles. The standard InChI is InChI=1S/C23H24FN3O2/c1-14-2-7-21-19(10-14)22(28)27(23(29)25-21)9-8-26-12-16-11-18(20(16)13-26)15-3-5-17(24)6-4-15/h2-7,10,16,18,20H,8-9,11-13H2,1H3,(H,25,29).